The average molecular weight is 447 g/mol. The summed E-state index contributed by atoms with van der Waals surface area (Å²) in [6, 6.07) is 2.86. The van der Waals surface area contributed by atoms with Gasteiger partial charge in [0.05, 0.1) is 0 Å². The third-order valence-electron chi connectivity index (χ3n) is 10.5. The van der Waals surface area contributed by atoms with Crippen molar-refractivity contribution in [2.45, 2.75) is 156 Å². The van der Waals surface area contributed by atoms with Crippen molar-refractivity contribution in [1.82, 2.24) is 10.6 Å². The highest BCUT2D eigenvalue weighted by Crippen LogP contribution is 2.40. The van der Waals surface area contributed by atoms with Gasteiger partial charge < -0.3 is 10.6 Å². The van der Waals surface area contributed by atoms with E-state index in [1.165, 1.54) is 89.9 Å². The summed E-state index contributed by atoms with van der Waals surface area (Å²) in [5, 5.41) is 8.78. The predicted molar refractivity (Wildman–Crippen MR) is 141 cm³/mol. The van der Waals surface area contributed by atoms with Crippen LogP contribution < -0.4 is 10.6 Å². The first-order valence-corrected chi connectivity index (χ1v) is 15.1. The van der Waals surface area contributed by atoms with Crippen LogP contribution in [0.1, 0.15) is 131 Å². The molecule has 2 nitrogen and oxygen atoms in total. The van der Waals surface area contributed by atoms with Gasteiger partial charge in [0.2, 0.25) is 0 Å². The van der Waals surface area contributed by atoms with Gasteiger partial charge in [0.25, 0.3) is 0 Å². The molecule has 0 spiro atoms. The standard InChI is InChI=1S/C30H58N2/c1-7-21(5)25-17-13-15-23(9-3)29(25)31-27-19-11-12-20-28(27)32-30-24(10-4)16-14-18-26(30)22(6)8-2/h21-32H,7-20H2,1-6H3. The first-order chi connectivity index (χ1) is 15.5. The molecule has 0 heterocycles. The molecular formula is C30H58N2. The number of nitrogens with one attached hydrogen (secondary N) is 2. The Balaban J connectivity index is 1.75. The molecule has 0 radical (unpaired) electrons. The van der Waals surface area contributed by atoms with Crippen molar-refractivity contribution in [2.24, 2.45) is 35.5 Å². The Labute approximate surface area is 201 Å². The number of hydrogen-bond donors (Lipinski definition) is 2. The van der Waals surface area contributed by atoms with Gasteiger partial charge in [-0.3, -0.25) is 0 Å². The molecule has 0 aromatic carbocycles. The molecule has 0 aromatic heterocycles. The Morgan fingerprint density at radius 2 is 0.969 bits per heavy atom. The van der Waals surface area contributed by atoms with Gasteiger partial charge in [-0.2, -0.15) is 0 Å². The van der Waals surface area contributed by atoms with Crippen LogP contribution in [0.2, 0.25) is 0 Å². The minimum Gasteiger partial charge on any atom is -0.309 e. The van der Waals surface area contributed by atoms with Crippen LogP contribution in [0.3, 0.4) is 0 Å². The topological polar surface area (TPSA) is 24.1 Å². The highest BCUT2D eigenvalue weighted by atomic mass is 15.1. The molecule has 0 aromatic rings. The van der Waals surface area contributed by atoms with Gasteiger partial charge in [0, 0.05) is 24.2 Å². The summed E-state index contributed by atoms with van der Waals surface area (Å²) in [7, 11) is 0. The van der Waals surface area contributed by atoms with E-state index in [0.717, 1.165) is 47.6 Å². The van der Waals surface area contributed by atoms with E-state index in [9.17, 15) is 0 Å². The molecule has 3 fully saturated rings. The fourth-order valence-electron chi connectivity index (χ4n) is 7.99. The van der Waals surface area contributed by atoms with Crippen LogP contribution >= 0.6 is 0 Å². The minimum absolute atomic E-state index is 0.685. The minimum atomic E-state index is 0.685. The van der Waals surface area contributed by atoms with E-state index < -0.39 is 0 Å². The largest absolute Gasteiger partial charge is 0.309 e. The molecule has 0 saturated heterocycles. The normalized spacial score (nSPS) is 40.7. The van der Waals surface area contributed by atoms with Crippen molar-refractivity contribution in [3.8, 4) is 0 Å². The third-order valence-corrected chi connectivity index (χ3v) is 10.5. The predicted octanol–water partition coefficient (Wildman–Crippen LogP) is 7.96. The first-order valence-electron chi connectivity index (χ1n) is 15.1. The first kappa shape index (κ1) is 26.5. The van der Waals surface area contributed by atoms with Crippen molar-refractivity contribution < 1.29 is 0 Å². The highest BCUT2D eigenvalue weighted by molar-refractivity contribution is 4.98. The van der Waals surface area contributed by atoms with Crippen molar-refractivity contribution in [3.63, 3.8) is 0 Å². The molecule has 10 unspecified atom stereocenters. The van der Waals surface area contributed by atoms with Crippen LogP contribution in [0.25, 0.3) is 0 Å². The van der Waals surface area contributed by atoms with E-state index in [2.05, 4.69) is 52.2 Å². The smallest absolute Gasteiger partial charge is 0.0224 e. The van der Waals surface area contributed by atoms with Gasteiger partial charge in [-0.25, -0.2) is 0 Å². The lowest BCUT2D eigenvalue weighted by atomic mass is 9.68. The Morgan fingerprint density at radius 3 is 1.31 bits per heavy atom. The lowest BCUT2D eigenvalue weighted by Crippen LogP contribution is -2.61. The molecule has 0 amide bonds. The van der Waals surface area contributed by atoms with E-state index in [0.29, 0.717) is 12.1 Å². The molecule has 3 saturated carbocycles. The van der Waals surface area contributed by atoms with Crippen LogP contribution in [0, 0.1) is 35.5 Å². The van der Waals surface area contributed by atoms with Crippen LogP contribution in [0.4, 0.5) is 0 Å². The number of hydrogen-bond acceptors (Lipinski definition) is 2. The second kappa shape index (κ2) is 13.1. The summed E-state index contributed by atoms with van der Waals surface area (Å²) in [5.74, 6) is 5.25. The SMILES string of the molecule is CCC(C)C1CCCC(CC)C1NC1CCCCC1NC1C(CC)CCCC1C(C)CC. The van der Waals surface area contributed by atoms with Crippen LogP contribution in [-0.4, -0.2) is 24.2 Å². The van der Waals surface area contributed by atoms with Gasteiger partial charge in [0.15, 0.2) is 0 Å². The van der Waals surface area contributed by atoms with Crippen LogP contribution in [-0.2, 0) is 0 Å². The van der Waals surface area contributed by atoms with Gasteiger partial charge >= 0.3 is 0 Å². The summed E-state index contributed by atoms with van der Waals surface area (Å²) in [4.78, 5) is 0. The molecule has 188 valence electrons. The van der Waals surface area contributed by atoms with Gasteiger partial charge in [-0.15, -0.1) is 0 Å². The average Bonchev–Trinajstić information content (AvgIpc) is 2.84. The van der Waals surface area contributed by atoms with Crippen molar-refractivity contribution in [2.75, 3.05) is 0 Å². The zero-order valence-electron chi connectivity index (χ0n) is 22.7. The fraction of sp³-hybridized carbons (Fsp3) is 1.00. The maximum Gasteiger partial charge on any atom is 0.0224 e. The highest BCUT2D eigenvalue weighted by Gasteiger charge is 2.40. The summed E-state index contributed by atoms with van der Waals surface area (Å²) < 4.78 is 0. The lowest BCUT2D eigenvalue weighted by Gasteiger charge is -2.48. The van der Waals surface area contributed by atoms with E-state index in [1.54, 1.807) is 0 Å². The molecular weight excluding hydrogens is 388 g/mol. The molecule has 3 rings (SSSR count). The second-order valence-electron chi connectivity index (χ2n) is 12.2. The quantitative estimate of drug-likeness (QED) is 0.355. The maximum atomic E-state index is 4.39. The molecule has 0 aliphatic heterocycles. The fourth-order valence-corrected chi connectivity index (χ4v) is 7.99. The van der Waals surface area contributed by atoms with E-state index in [4.69, 9.17) is 0 Å². The number of rotatable bonds is 10. The second-order valence-corrected chi connectivity index (χ2v) is 12.2. The third kappa shape index (κ3) is 6.32. The van der Waals surface area contributed by atoms with Gasteiger partial charge in [-0.05, 0) is 74.0 Å². The Hall–Kier alpha value is -0.0800. The Bertz CT molecular complexity index is 473. The summed E-state index contributed by atoms with van der Waals surface area (Å²) in [6.45, 7) is 14.8. The monoisotopic (exact) mass is 446 g/mol. The van der Waals surface area contributed by atoms with Crippen LogP contribution in [0.5, 0.6) is 0 Å². The summed E-state index contributed by atoms with van der Waals surface area (Å²) >= 11 is 0. The lowest BCUT2D eigenvalue weighted by molar-refractivity contribution is 0.0830. The molecule has 10 atom stereocenters. The Morgan fingerprint density at radius 1 is 0.562 bits per heavy atom. The molecule has 0 bridgehead atoms. The maximum absolute atomic E-state index is 4.39. The molecule has 32 heavy (non-hydrogen) atoms. The molecule has 3 aliphatic carbocycles. The zero-order chi connectivity index (χ0) is 23.1. The van der Waals surface area contributed by atoms with Crippen molar-refractivity contribution >= 4 is 0 Å². The summed E-state index contributed by atoms with van der Waals surface area (Å²) in [6.07, 6.45) is 19.7. The molecule has 2 N–H and O–H groups in total. The Kier molecular flexibility index (Phi) is 10.9. The van der Waals surface area contributed by atoms with E-state index in [-0.39, 0.29) is 0 Å². The summed E-state index contributed by atoms with van der Waals surface area (Å²) in [5.41, 5.74) is 0. The zero-order valence-corrected chi connectivity index (χ0v) is 22.7. The van der Waals surface area contributed by atoms with Gasteiger partial charge in [0.1, 0.15) is 0 Å². The van der Waals surface area contributed by atoms with Crippen molar-refractivity contribution in [3.05, 3.63) is 0 Å². The molecule has 3 aliphatic rings. The van der Waals surface area contributed by atoms with E-state index in [1.807, 2.05) is 0 Å². The van der Waals surface area contributed by atoms with Crippen LogP contribution in [0.15, 0.2) is 0 Å². The van der Waals surface area contributed by atoms with Gasteiger partial charge in [-0.1, -0.05) is 92.9 Å². The molecule has 2 heteroatoms. The van der Waals surface area contributed by atoms with E-state index >= 15 is 0 Å². The van der Waals surface area contributed by atoms with Crippen molar-refractivity contribution in [1.29, 1.82) is 0 Å².